The highest BCUT2D eigenvalue weighted by Crippen LogP contribution is 2.34. The molecule has 0 aromatic rings. The molecule has 0 spiro atoms. The second-order valence-electron chi connectivity index (χ2n) is 3.64. The summed E-state index contributed by atoms with van der Waals surface area (Å²) < 4.78 is 0. The number of aliphatic hydroxyl groups excluding tert-OH is 3. The molecule has 2 aliphatic heterocycles. The Morgan fingerprint density at radius 3 is 2.50 bits per heavy atom. The Kier molecular flexibility index (Phi) is 1.68. The molecule has 0 aromatic carbocycles. The number of hydrogen-bond acceptors (Lipinski definition) is 5. The van der Waals surface area contributed by atoms with E-state index in [1.807, 2.05) is 0 Å². The van der Waals surface area contributed by atoms with Crippen molar-refractivity contribution in [1.29, 1.82) is 0 Å². The lowest BCUT2D eigenvalue weighted by Gasteiger charge is -2.40. The average molecular weight is 175 g/mol. The van der Waals surface area contributed by atoms with Gasteiger partial charge in [0.1, 0.15) is 17.9 Å². The van der Waals surface area contributed by atoms with E-state index in [0.717, 1.165) is 0 Å². The van der Waals surface area contributed by atoms with Gasteiger partial charge in [-0.3, -0.25) is 5.32 Å². The Morgan fingerprint density at radius 2 is 1.83 bits per heavy atom. The van der Waals surface area contributed by atoms with E-state index in [-0.39, 0.29) is 6.04 Å². The smallest absolute Gasteiger partial charge is 0.145 e. The quantitative estimate of drug-likeness (QED) is 0.281. The molecule has 0 radical (unpaired) electrons. The Morgan fingerprint density at radius 1 is 1.17 bits per heavy atom. The van der Waals surface area contributed by atoms with Gasteiger partial charge in [0.05, 0.1) is 6.10 Å². The lowest BCUT2D eigenvalue weighted by atomic mass is 9.94. The zero-order valence-corrected chi connectivity index (χ0v) is 6.51. The minimum atomic E-state index is -1.40. The largest absolute Gasteiger partial charge is 0.389 e. The van der Waals surface area contributed by atoms with Crippen molar-refractivity contribution in [2.45, 2.75) is 42.9 Å². The van der Waals surface area contributed by atoms with E-state index < -0.39 is 24.0 Å². The summed E-state index contributed by atoms with van der Waals surface area (Å²) >= 11 is 0. The second-order valence-corrected chi connectivity index (χ2v) is 3.64. The number of piperidine rings is 1. The van der Waals surface area contributed by atoms with Crippen LogP contribution in [0.4, 0.5) is 0 Å². The highest BCUT2D eigenvalue weighted by Gasteiger charge is 2.55. The topological polar surface area (TPSA) is 93.0 Å². The minimum Gasteiger partial charge on any atom is -0.389 e. The SMILES string of the molecule is OC1C2CC[C@](O)(N2)C(O)C1O. The van der Waals surface area contributed by atoms with Crippen LogP contribution in [-0.4, -0.2) is 50.5 Å². The molecule has 0 amide bonds. The summed E-state index contributed by atoms with van der Waals surface area (Å²) in [6.07, 6.45) is -2.59. The summed E-state index contributed by atoms with van der Waals surface area (Å²) in [6.45, 7) is 0. The van der Waals surface area contributed by atoms with Crippen LogP contribution in [0, 0.1) is 0 Å². The fourth-order valence-corrected chi connectivity index (χ4v) is 2.04. The maximum atomic E-state index is 9.65. The molecule has 2 rings (SSSR count). The standard InChI is InChI=1S/C7H13NO4/c9-4-3-1-2-7(12,8-3)6(11)5(4)10/h3-6,8-12H,1-2H2/t3?,4?,5?,6?,7-/m1/s1. The van der Waals surface area contributed by atoms with Gasteiger partial charge in [0.25, 0.3) is 0 Å². The summed E-state index contributed by atoms with van der Waals surface area (Å²) in [5, 5.41) is 40.4. The zero-order chi connectivity index (χ0) is 8.93. The van der Waals surface area contributed by atoms with E-state index >= 15 is 0 Å². The third-order valence-corrected chi connectivity index (χ3v) is 2.85. The number of nitrogens with one attached hydrogen (secondary N) is 1. The van der Waals surface area contributed by atoms with Crippen molar-refractivity contribution in [1.82, 2.24) is 5.32 Å². The fraction of sp³-hybridized carbons (Fsp3) is 1.00. The van der Waals surface area contributed by atoms with Gasteiger partial charge in [-0.15, -0.1) is 0 Å². The van der Waals surface area contributed by atoms with Crippen molar-refractivity contribution in [2.24, 2.45) is 0 Å². The van der Waals surface area contributed by atoms with Crippen molar-refractivity contribution in [3.8, 4) is 0 Å². The van der Waals surface area contributed by atoms with E-state index in [0.29, 0.717) is 12.8 Å². The first-order chi connectivity index (χ1) is 5.54. The van der Waals surface area contributed by atoms with Gasteiger partial charge in [-0.2, -0.15) is 0 Å². The van der Waals surface area contributed by atoms with Crippen molar-refractivity contribution < 1.29 is 20.4 Å². The third kappa shape index (κ3) is 0.915. The molecule has 0 saturated carbocycles. The van der Waals surface area contributed by atoms with Gasteiger partial charge in [-0.25, -0.2) is 0 Å². The average Bonchev–Trinajstić information content (AvgIpc) is 2.41. The lowest BCUT2D eigenvalue weighted by molar-refractivity contribution is -0.186. The van der Waals surface area contributed by atoms with Gasteiger partial charge in [0.2, 0.25) is 0 Å². The van der Waals surface area contributed by atoms with Gasteiger partial charge < -0.3 is 20.4 Å². The highest BCUT2D eigenvalue weighted by atomic mass is 16.4. The molecule has 5 N–H and O–H groups in total. The summed E-state index contributed by atoms with van der Waals surface area (Å²) in [7, 11) is 0. The molecule has 70 valence electrons. The van der Waals surface area contributed by atoms with Crippen LogP contribution in [-0.2, 0) is 0 Å². The molecule has 5 nitrogen and oxygen atoms in total. The number of fused-ring (bicyclic) bond motifs is 2. The molecule has 4 unspecified atom stereocenters. The zero-order valence-electron chi connectivity index (χ0n) is 6.51. The number of aliphatic hydroxyl groups is 4. The summed E-state index contributed by atoms with van der Waals surface area (Å²) in [6, 6.07) is -0.298. The molecule has 2 fully saturated rings. The molecule has 5 atom stereocenters. The van der Waals surface area contributed by atoms with Gasteiger partial charge in [0, 0.05) is 6.04 Å². The predicted octanol–water partition coefficient (Wildman–Crippen LogP) is -2.48. The molecule has 12 heavy (non-hydrogen) atoms. The van der Waals surface area contributed by atoms with E-state index in [4.69, 9.17) is 0 Å². The van der Waals surface area contributed by atoms with Crippen molar-refractivity contribution >= 4 is 0 Å². The molecule has 2 saturated heterocycles. The summed E-state index contributed by atoms with van der Waals surface area (Å²) in [4.78, 5) is 0. The molecule has 2 bridgehead atoms. The molecule has 2 aliphatic rings. The van der Waals surface area contributed by atoms with Crippen LogP contribution < -0.4 is 5.32 Å². The third-order valence-electron chi connectivity index (χ3n) is 2.85. The highest BCUT2D eigenvalue weighted by molar-refractivity contribution is 5.07. The van der Waals surface area contributed by atoms with Gasteiger partial charge >= 0.3 is 0 Å². The first-order valence-electron chi connectivity index (χ1n) is 4.09. The lowest BCUT2D eigenvalue weighted by Crippen LogP contribution is -2.67. The van der Waals surface area contributed by atoms with Gasteiger partial charge in [0.15, 0.2) is 0 Å². The van der Waals surface area contributed by atoms with Crippen molar-refractivity contribution in [3.63, 3.8) is 0 Å². The van der Waals surface area contributed by atoms with Crippen molar-refractivity contribution in [2.75, 3.05) is 0 Å². The summed E-state index contributed by atoms with van der Waals surface area (Å²) in [5.41, 5.74) is -1.40. The normalized spacial score (nSPS) is 59.0. The van der Waals surface area contributed by atoms with Gasteiger partial charge in [-0.1, -0.05) is 0 Å². The van der Waals surface area contributed by atoms with E-state index in [1.165, 1.54) is 0 Å². The first-order valence-corrected chi connectivity index (χ1v) is 4.09. The van der Waals surface area contributed by atoms with Crippen LogP contribution in [0.5, 0.6) is 0 Å². The number of hydrogen-bond donors (Lipinski definition) is 5. The second kappa shape index (κ2) is 2.40. The fourth-order valence-electron chi connectivity index (χ4n) is 2.04. The molecule has 2 heterocycles. The Hall–Kier alpha value is -0.200. The maximum Gasteiger partial charge on any atom is 0.145 e. The van der Waals surface area contributed by atoms with Crippen LogP contribution in [0.15, 0.2) is 0 Å². The van der Waals surface area contributed by atoms with Crippen LogP contribution in [0.1, 0.15) is 12.8 Å². The Labute approximate surface area is 69.6 Å². The molecule has 0 aliphatic carbocycles. The van der Waals surface area contributed by atoms with Crippen molar-refractivity contribution in [3.05, 3.63) is 0 Å². The van der Waals surface area contributed by atoms with Crippen LogP contribution in [0.25, 0.3) is 0 Å². The molecular weight excluding hydrogens is 162 g/mol. The molecular formula is C7H13NO4. The van der Waals surface area contributed by atoms with Gasteiger partial charge in [-0.05, 0) is 12.8 Å². The van der Waals surface area contributed by atoms with E-state index in [9.17, 15) is 20.4 Å². The van der Waals surface area contributed by atoms with Crippen LogP contribution >= 0.6 is 0 Å². The molecule has 0 aromatic heterocycles. The monoisotopic (exact) mass is 175 g/mol. The molecule has 5 heteroatoms. The predicted molar refractivity (Wildman–Crippen MR) is 39.1 cm³/mol. The summed E-state index contributed by atoms with van der Waals surface area (Å²) in [5.74, 6) is 0. The first kappa shape index (κ1) is 8.40. The maximum absolute atomic E-state index is 9.65. The van der Waals surface area contributed by atoms with E-state index in [1.54, 1.807) is 0 Å². The Balaban J connectivity index is 2.25. The van der Waals surface area contributed by atoms with E-state index in [2.05, 4.69) is 5.32 Å². The van der Waals surface area contributed by atoms with Crippen LogP contribution in [0.3, 0.4) is 0 Å². The van der Waals surface area contributed by atoms with Crippen LogP contribution in [0.2, 0.25) is 0 Å². The number of rotatable bonds is 0. The Bertz CT molecular complexity index is 200. The minimum absolute atomic E-state index is 0.298.